The van der Waals surface area contributed by atoms with Crippen LogP contribution in [0.15, 0.2) is 60.9 Å². The molecule has 2 atom stereocenters. The fourth-order valence-electron chi connectivity index (χ4n) is 6.20. The Balaban J connectivity index is 1.26. The average Bonchev–Trinajstić information content (AvgIpc) is 3.03. The molecule has 2 aromatic carbocycles. The number of aryl methyl sites for hydroxylation is 1. The summed E-state index contributed by atoms with van der Waals surface area (Å²) in [6.45, 7) is 11.5. The molecule has 10 nitrogen and oxygen atoms in total. The maximum atomic E-state index is 13.1. The molecule has 4 heterocycles. The van der Waals surface area contributed by atoms with Crippen molar-refractivity contribution in [3.8, 4) is 22.9 Å². The number of fused-ring (bicyclic) bond motifs is 1. The molecule has 2 amide bonds. The molecule has 2 aliphatic heterocycles. The SMILES string of the molecule is Cc1ccc2c(N3CCCC(C)C3=O)cccc2c1Oc1ncccc1-c1ccnc(NC2CCCN(C(=O)OC(C)(C)C)C2)n1. The van der Waals surface area contributed by atoms with Crippen molar-refractivity contribution >= 4 is 34.4 Å². The van der Waals surface area contributed by atoms with E-state index in [-0.39, 0.29) is 24.0 Å². The van der Waals surface area contributed by atoms with Gasteiger partial charge in [0.1, 0.15) is 11.4 Å². The van der Waals surface area contributed by atoms with Gasteiger partial charge in [0.2, 0.25) is 17.7 Å². The molecule has 10 heteroatoms. The topological polar surface area (TPSA) is 110 Å². The summed E-state index contributed by atoms with van der Waals surface area (Å²) >= 11 is 0. The molecule has 0 bridgehead atoms. The largest absolute Gasteiger partial charge is 0.444 e. The second-order valence-electron chi connectivity index (χ2n) is 13.3. The Morgan fingerprint density at radius 2 is 1.78 bits per heavy atom. The second kappa shape index (κ2) is 12.9. The van der Waals surface area contributed by atoms with Crippen LogP contribution >= 0.6 is 0 Å². The van der Waals surface area contributed by atoms with E-state index in [1.54, 1.807) is 17.3 Å². The van der Waals surface area contributed by atoms with E-state index in [0.29, 0.717) is 42.9 Å². The Kier molecular flexibility index (Phi) is 8.80. The van der Waals surface area contributed by atoms with Crippen molar-refractivity contribution in [2.75, 3.05) is 29.9 Å². The number of benzene rings is 2. The van der Waals surface area contributed by atoms with Gasteiger partial charge in [-0.05, 0) is 83.2 Å². The van der Waals surface area contributed by atoms with Crippen LogP contribution in [0.4, 0.5) is 16.4 Å². The Labute approximate surface area is 270 Å². The van der Waals surface area contributed by atoms with Crippen LogP contribution in [0.25, 0.3) is 22.0 Å². The van der Waals surface area contributed by atoms with Gasteiger partial charge in [-0.3, -0.25) is 4.79 Å². The van der Waals surface area contributed by atoms with Gasteiger partial charge in [-0.15, -0.1) is 0 Å². The maximum Gasteiger partial charge on any atom is 0.410 e. The number of anilines is 2. The smallest absolute Gasteiger partial charge is 0.410 e. The summed E-state index contributed by atoms with van der Waals surface area (Å²) in [5.41, 5.74) is 2.69. The van der Waals surface area contributed by atoms with Crippen molar-refractivity contribution in [1.82, 2.24) is 19.9 Å². The van der Waals surface area contributed by atoms with Gasteiger partial charge in [-0.25, -0.2) is 19.7 Å². The molecule has 0 aliphatic carbocycles. The highest BCUT2D eigenvalue weighted by molar-refractivity contribution is 6.06. The lowest BCUT2D eigenvalue weighted by molar-refractivity contribution is -0.123. The number of hydrogen-bond donors (Lipinski definition) is 1. The molecule has 2 fully saturated rings. The molecule has 2 unspecified atom stereocenters. The van der Waals surface area contributed by atoms with Crippen molar-refractivity contribution in [1.29, 1.82) is 0 Å². The van der Waals surface area contributed by atoms with Crippen LogP contribution in [-0.4, -0.2) is 63.1 Å². The minimum atomic E-state index is -0.545. The van der Waals surface area contributed by atoms with E-state index < -0.39 is 5.60 Å². The summed E-state index contributed by atoms with van der Waals surface area (Å²) in [4.78, 5) is 43.3. The van der Waals surface area contributed by atoms with Gasteiger partial charge in [0, 0.05) is 54.8 Å². The zero-order valence-electron chi connectivity index (χ0n) is 27.2. The van der Waals surface area contributed by atoms with Crippen LogP contribution in [0.5, 0.6) is 11.6 Å². The van der Waals surface area contributed by atoms with E-state index in [4.69, 9.17) is 14.5 Å². The van der Waals surface area contributed by atoms with Crippen LogP contribution in [0, 0.1) is 12.8 Å². The number of carbonyl (C=O) groups excluding carboxylic acids is 2. The number of rotatable bonds is 6. The lowest BCUT2D eigenvalue weighted by Gasteiger charge is -2.34. The molecular weight excluding hydrogens is 580 g/mol. The van der Waals surface area contributed by atoms with E-state index in [9.17, 15) is 9.59 Å². The molecule has 240 valence electrons. The van der Waals surface area contributed by atoms with Crippen molar-refractivity contribution in [2.24, 2.45) is 5.92 Å². The van der Waals surface area contributed by atoms with Crippen LogP contribution in [0.2, 0.25) is 0 Å². The number of piperidine rings is 2. The highest BCUT2D eigenvalue weighted by atomic mass is 16.6. The second-order valence-corrected chi connectivity index (χ2v) is 13.3. The highest BCUT2D eigenvalue weighted by Crippen LogP contribution is 2.40. The summed E-state index contributed by atoms with van der Waals surface area (Å²) in [6, 6.07) is 15.7. The summed E-state index contributed by atoms with van der Waals surface area (Å²) < 4.78 is 12.2. The normalized spacial score (nSPS) is 18.8. The van der Waals surface area contributed by atoms with Gasteiger partial charge in [0.25, 0.3) is 0 Å². The maximum absolute atomic E-state index is 13.1. The van der Waals surface area contributed by atoms with Crippen molar-refractivity contribution < 1.29 is 19.1 Å². The molecule has 2 aliphatic rings. The summed E-state index contributed by atoms with van der Waals surface area (Å²) in [6.07, 6.45) is 6.75. The Bertz CT molecular complexity index is 1750. The third-order valence-corrected chi connectivity index (χ3v) is 8.49. The van der Waals surface area contributed by atoms with Crippen molar-refractivity contribution in [2.45, 2.75) is 71.9 Å². The van der Waals surface area contributed by atoms with Crippen LogP contribution in [0.1, 0.15) is 58.9 Å². The van der Waals surface area contributed by atoms with Gasteiger partial charge in [0.05, 0.1) is 16.9 Å². The zero-order valence-corrected chi connectivity index (χ0v) is 27.2. The van der Waals surface area contributed by atoms with Gasteiger partial charge in [-0.2, -0.15) is 0 Å². The van der Waals surface area contributed by atoms with Crippen molar-refractivity contribution in [3.63, 3.8) is 0 Å². The first-order valence-electron chi connectivity index (χ1n) is 16.1. The number of hydrogen-bond acceptors (Lipinski definition) is 8. The predicted octanol–water partition coefficient (Wildman–Crippen LogP) is 7.37. The molecule has 0 spiro atoms. The van der Waals surface area contributed by atoms with Gasteiger partial charge < -0.3 is 24.6 Å². The Hall–Kier alpha value is -4.73. The molecule has 2 aromatic heterocycles. The first-order valence-corrected chi connectivity index (χ1v) is 16.1. The summed E-state index contributed by atoms with van der Waals surface area (Å²) in [5.74, 6) is 1.75. The quantitative estimate of drug-likeness (QED) is 0.237. The number of ether oxygens (including phenoxy) is 2. The monoisotopic (exact) mass is 622 g/mol. The molecule has 6 rings (SSSR count). The molecular formula is C36H42N6O4. The number of amides is 2. The molecule has 0 radical (unpaired) electrons. The molecule has 0 saturated carbocycles. The molecule has 4 aromatic rings. The van der Waals surface area contributed by atoms with E-state index in [1.807, 2.05) is 82.0 Å². The number of nitrogens with one attached hydrogen (secondary N) is 1. The van der Waals surface area contributed by atoms with Gasteiger partial charge in [-0.1, -0.05) is 31.2 Å². The lowest BCUT2D eigenvalue weighted by atomic mass is 9.97. The summed E-state index contributed by atoms with van der Waals surface area (Å²) in [5, 5.41) is 5.30. The predicted molar refractivity (Wildman–Crippen MR) is 179 cm³/mol. The van der Waals surface area contributed by atoms with E-state index in [0.717, 1.165) is 53.3 Å². The molecule has 2 saturated heterocycles. The number of nitrogens with zero attached hydrogens (tertiary/aromatic N) is 5. The lowest BCUT2D eigenvalue weighted by Crippen LogP contribution is -2.47. The number of likely N-dealkylation sites (tertiary alicyclic amines) is 1. The molecule has 1 N–H and O–H groups in total. The third kappa shape index (κ3) is 6.76. The van der Waals surface area contributed by atoms with Crippen LogP contribution in [0.3, 0.4) is 0 Å². The van der Waals surface area contributed by atoms with Gasteiger partial charge in [0.15, 0.2) is 0 Å². The standard InChI is InChI=1S/C36H42N6O4/c1-23-15-16-26-27(12-6-14-30(26)42-21-8-10-24(2)33(42)43)31(23)45-32-28(13-7-18-37-32)29-17-19-38-34(40-29)39-25-11-9-20-41(22-25)35(44)46-36(3,4)5/h6-7,12-19,24-25H,8-11,20-22H2,1-5H3,(H,38,39,40). The fourth-order valence-corrected chi connectivity index (χ4v) is 6.20. The first kappa shape index (κ1) is 31.3. The highest BCUT2D eigenvalue weighted by Gasteiger charge is 2.29. The van der Waals surface area contributed by atoms with E-state index >= 15 is 0 Å². The third-order valence-electron chi connectivity index (χ3n) is 8.49. The van der Waals surface area contributed by atoms with Crippen LogP contribution in [-0.2, 0) is 9.53 Å². The number of aromatic nitrogens is 3. The van der Waals surface area contributed by atoms with Gasteiger partial charge >= 0.3 is 6.09 Å². The number of pyridine rings is 1. The fraction of sp³-hybridized carbons (Fsp3) is 0.417. The first-order chi connectivity index (χ1) is 22.1. The van der Waals surface area contributed by atoms with E-state index in [1.165, 1.54) is 0 Å². The Morgan fingerprint density at radius 1 is 0.957 bits per heavy atom. The minimum absolute atomic E-state index is 0.00974. The van der Waals surface area contributed by atoms with Crippen LogP contribution < -0.4 is 15.0 Å². The Morgan fingerprint density at radius 3 is 2.61 bits per heavy atom. The summed E-state index contributed by atoms with van der Waals surface area (Å²) in [7, 11) is 0. The number of carbonyl (C=O) groups is 2. The average molecular weight is 623 g/mol. The molecule has 46 heavy (non-hydrogen) atoms. The van der Waals surface area contributed by atoms with E-state index in [2.05, 4.69) is 21.4 Å². The zero-order chi connectivity index (χ0) is 32.4. The minimum Gasteiger partial charge on any atom is -0.444 e. The van der Waals surface area contributed by atoms with Crippen molar-refractivity contribution in [3.05, 3.63) is 66.5 Å².